The average molecular weight is 403 g/mol. The zero-order chi connectivity index (χ0) is 21.2. The van der Waals surface area contributed by atoms with Crippen LogP contribution in [0.4, 0.5) is 0 Å². The molecule has 7 heteroatoms. The summed E-state index contributed by atoms with van der Waals surface area (Å²) in [5.74, 6) is -1.21. The van der Waals surface area contributed by atoms with Gasteiger partial charge in [-0.1, -0.05) is 20.8 Å². The second-order valence-electron chi connectivity index (χ2n) is 8.84. The van der Waals surface area contributed by atoms with Crippen LogP contribution in [0.25, 0.3) is 33.4 Å². The molecular formula is C23H21N3O4. The second kappa shape index (κ2) is 6.19. The van der Waals surface area contributed by atoms with E-state index in [2.05, 4.69) is 31.0 Å². The largest absolute Gasteiger partial charge is 0.477 e. The van der Waals surface area contributed by atoms with E-state index in [4.69, 9.17) is 4.42 Å². The minimum absolute atomic E-state index is 0.0354. The van der Waals surface area contributed by atoms with Crippen LogP contribution in [0.15, 0.2) is 52.3 Å². The van der Waals surface area contributed by atoms with Gasteiger partial charge in [-0.3, -0.25) is 9.89 Å². The lowest BCUT2D eigenvalue weighted by Crippen LogP contribution is -2.32. The Bertz CT molecular complexity index is 1350. The Morgan fingerprint density at radius 3 is 2.77 bits per heavy atom. The van der Waals surface area contributed by atoms with E-state index >= 15 is 0 Å². The maximum absolute atomic E-state index is 12.6. The van der Waals surface area contributed by atoms with Gasteiger partial charge in [0.25, 0.3) is 0 Å². The number of nitrogens with one attached hydrogen (secondary N) is 1. The number of fused-ring (bicyclic) bond motifs is 5. The highest BCUT2D eigenvalue weighted by molar-refractivity contribution is 6.00. The summed E-state index contributed by atoms with van der Waals surface area (Å²) < 4.78 is 7.86. The third-order valence-corrected chi connectivity index (χ3v) is 5.97. The molecule has 1 aromatic carbocycles. The number of aromatic nitrogens is 3. The van der Waals surface area contributed by atoms with Gasteiger partial charge in [0.1, 0.15) is 11.1 Å². The van der Waals surface area contributed by atoms with Crippen molar-refractivity contribution >= 4 is 16.9 Å². The molecule has 1 aliphatic heterocycles. The molecule has 3 aromatic heterocycles. The van der Waals surface area contributed by atoms with Crippen LogP contribution in [-0.2, 0) is 6.42 Å². The zero-order valence-corrected chi connectivity index (χ0v) is 16.9. The van der Waals surface area contributed by atoms with Crippen LogP contribution < -0.4 is 5.43 Å². The Morgan fingerprint density at radius 2 is 2.10 bits per heavy atom. The molecule has 4 heterocycles. The molecule has 0 radical (unpaired) electrons. The lowest BCUT2D eigenvalue weighted by Gasteiger charge is -2.39. The van der Waals surface area contributed by atoms with Crippen LogP contribution >= 0.6 is 0 Å². The number of aromatic carboxylic acids is 1. The summed E-state index contributed by atoms with van der Waals surface area (Å²) in [5, 5.41) is 17.4. The molecule has 2 N–H and O–H groups in total. The molecule has 30 heavy (non-hydrogen) atoms. The Hall–Kier alpha value is -3.61. The molecule has 152 valence electrons. The molecule has 7 nitrogen and oxygen atoms in total. The fourth-order valence-corrected chi connectivity index (χ4v) is 4.45. The highest BCUT2D eigenvalue weighted by atomic mass is 16.4. The summed E-state index contributed by atoms with van der Waals surface area (Å²) in [6.45, 7) is 6.35. The Kier molecular flexibility index (Phi) is 3.80. The van der Waals surface area contributed by atoms with Gasteiger partial charge in [0.15, 0.2) is 5.43 Å². The van der Waals surface area contributed by atoms with E-state index in [0.717, 1.165) is 33.2 Å². The predicted octanol–water partition coefficient (Wildman–Crippen LogP) is 4.49. The van der Waals surface area contributed by atoms with E-state index < -0.39 is 11.4 Å². The van der Waals surface area contributed by atoms with E-state index in [-0.39, 0.29) is 17.0 Å². The van der Waals surface area contributed by atoms with Gasteiger partial charge in [0, 0.05) is 46.6 Å². The maximum atomic E-state index is 12.6. The molecule has 0 amide bonds. The molecule has 0 saturated carbocycles. The zero-order valence-electron chi connectivity index (χ0n) is 16.9. The normalized spacial score (nSPS) is 15.8. The Labute approximate surface area is 172 Å². The molecule has 0 bridgehead atoms. The maximum Gasteiger partial charge on any atom is 0.341 e. The Balaban J connectivity index is 1.88. The van der Waals surface area contributed by atoms with Crippen molar-refractivity contribution < 1.29 is 14.3 Å². The van der Waals surface area contributed by atoms with Crippen molar-refractivity contribution in [2.45, 2.75) is 33.2 Å². The van der Waals surface area contributed by atoms with Crippen molar-refractivity contribution in [1.82, 2.24) is 14.8 Å². The van der Waals surface area contributed by atoms with E-state index in [1.807, 2.05) is 22.9 Å². The van der Waals surface area contributed by atoms with Gasteiger partial charge in [-0.15, -0.1) is 0 Å². The first kappa shape index (κ1) is 18.4. The first-order valence-corrected chi connectivity index (χ1v) is 9.78. The number of carboxylic acid groups (broad SMARTS) is 1. The highest BCUT2D eigenvalue weighted by Gasteiger charge is 2.35. The number of nitrogens with zero attached hydrogens (tertiary/aromatic N) is 2. The van der Waals surface area contributed by atoms with Crippen LogP contribution in [0, 0.1) is 5.41 Å². The molecular weight excluding hydrogens is 382 g/mol. The average Bonchev–Trinajstić information content (AvgIpc) is 3.37. The smallest absolute Gasteiger partial charge is 0.341 e. The molecule has 0 unspecified atom stereocenters. The van der Waals surface area contributed by atoms with Crippen LogP contribution in [0.3, 0.4) is 0 Å². The number of rotatable bonds is 2. The van der Waals surface area contributed by atoms with Crippen molar-refractivity contribution in [1.29, 1.82) is 0 Å². The van der Waals surface area contributed by atoms with Crippen LogP contribution in [0.5, 0.6) is 0 Å². The number of aromatic amines is 1. The van der Waals surface area contributed by atoms with Gasteiger partial charge in [-0.2, -0.15) is 5.10 Å². The molecule has 5 rings (SSSR count). The molecule has 0 spiro atoms. The lowest BCUT2D eigenvalue weighted by atomic mass is 9.78. The number of pyridine rings is 1. The van der Waals surface area contributed by atoms with Crippen LogP contribution in [-0.4, -0.2) is 25.8 Å². The standard InChI is InChI=1S/C23H21N3O4/c1-23(2,3)20-7-16-15(18-8-19(27)17(22(28)29)11-26(18)20)6-14(12-9-24-25-10-12)13-4-5-30-21(13)16/h4-6,8-11,20H,7H2,1-3H3,(H,24,25)(H,28,29)/t20-/m0/s1. The van der Waals surface area contributed by atoms with Crippen molar-refractivity contribution in [3.63, 3.8) is 0 Å². The van der Waals surface area contributed by atoms with Gasteiger partial charge in [-0.25, -0.2) is 4.79 Å². The van der Waals surface area contributed by atoms with Gasteiger partial charge in [0.2, 0.25) is 0 Å². The number of benzene rings is 1. The SMILES string of the molecule is CC(C)(C)[C@@H]1Cc2c(cc(-c3cn[nH]c3)c3ccoc23)-c2cc(=O)c(C(=O)O)cn21. The summed E-state index contributed by atoms with van der Waals surface area (Å²) in [6, 6.07) is 5.39. The van der Waals surface area contributed by atoms with E-state index in [1.165, 1.54) is 12.3 Å². The summed E-state index contributed by atoms with van der Waals surface area (Å²) in [5.41, 5.74) is 4.38. The third kappa shape index (κ3) is 2.62. The predicted molar refractivity (Wildman–Crippen MR) is 113 cm³/mol. The molecule has 0 fully saturated rings. The number of hydrogen-bond acceptors (Lipinski definition) is 4. The van der Waals surface area contributed by atoms with Crippen molar-refractivity contribution in [3.8, 4) is 22.4 Å². The minimum atomic E-state index is -1.21. The number of carboxylic acids is 1. The Morgan fingerprint density at radius 1 is 1.30 bits per heavy atom. The number of H-pyrrole nitrogens is 1. The first-order valence-electron chi connectivity index (χ1n) is 9.78. The number of furan rings is 1. The van der Waals surface area contributed by atoms with Gasteiger partial charge >= 0.3 is 5.97 Å². The highest BCUT2D eigenvalue weighted by Crippen LogP contribution is 2.46. The molecule has 4 aromatic rings. The van der Waals surface area contributed by atoms with E-state index in [0.29, 0.717) is 12.1 Å². The van der Waals surface area contributed by atoms with E-state index in [9.17, 15) is 14.7 Å². The summed E-state index contributed by atoms with van der Waals surface area (Å²) >= 11 is 0. The van der Waals surface area contributed by atoms with Gasteiger partial charge in [-0.05, 0) is 29.5 Å². The second-order valence-corrected chi connectivity index (χ2v) is 8.84. The summed E-state index contributed by atoms with van der Waals surface area (Å²) in [6.07, 6.45) is 7.40. The molecule has 0 saturated heterocycles. The quantitative estimate of drug-likeness (QED) is 0.513. The van der Waals surface area contributed by atoms with Crippen LogP contribution in [0.1, 0.15) is 42.7 Å². The molecule has 1 atom stereocenters. The topological polar surface area (TPSA) is 101 Å². The van der Waals surface area contributed by atoms with E-state index in [1.54, 1.807) is 12.5 Å². The molecule has 0 aliphatic carbocycles. The molecule has 1 aliphatic rings. The van der Waals surface area contributed by atoms with Crippen LogP contribution in [0.2, 0.25) is 0 Å². The summed E-state index contributed by atoms with van der Waals surface area (Å²) in [4.78, 5) is 24.2. The lowest BCUT2D eigenvalue weighted by molar-refractivity contribution is 0.0693. The fraction of sp³-hybridized carbons (Fsp3) is 0.261. The monoisotopic (exact) mass is 403 g/mol. The number of carbonyl (C=O) groups is 1. The van der Waals surface area contributed by atoms with Crippen molar-refractivity contribution in [2.75, 3.05) is 0 Å². The first-order chi connectivity index (χ1) is 14.3. The summed E-state index contributed by atoms with van der Waals surface area (Å²) in [7, 11) is 0. The van der Waals surface area contributed by atoms with Gasteiger partial charge in [0.05, 0.1) is 18.2 Å². The van der Waals surface area contributed by atoms with Gasteiger partial charge < -0.3 is 14.1 Å². The van der Waals surface area contributed by atoms with Crippen molar-refractivity contribution in [3.05, 3.63) is 64.4 Å². The minimum Gasteiger partial charge on any atom is -0.477 e. The number of hydrogen-bond donors (Lipinski definition) is 2. The van der Waals surface area contributed by atoms with Crippen molar-refractivity contribution in [2.24, 2.45) is 5.41 Å². The fourth-order valence-electron chi connectivity index (χ4n) is 4.45. The third-order valence-electron chi connectivity index (χ3n) is 5.97.